The van der Waals surface area contributed by atoms with Crippen molar-refractivity contribution in [3.8, 4) is 11.1 Å². The second kappa shape index (κ2) is 11.8. The zero-order valence-electron chi connectivity index (χ0n) is 19.7. The van der Waals surface area contributed by atoms with Crippen LogP contribution in [0.25, 0.3) is 17.2 Å². The molecule has 0 saturated heterocycles. The number of fused-ring (bicyclic) bond motifs is 1. The minimum atomic E-state index is -0.997. The lowest BCUT2D eigenvalue weighted by atomic mass is 9.97. The molecule has 0 radical (unpaired) electrons. The first kappa shape index (κ1) is 24.7. The number of carbonyl (C=O) groups excluding carboxylic acids is 1. The third kappa shape index (κ3) is 5.78. The number of hydrogen-bond acceptors (Lipinski definition) is 4. The summed E-state index contributed by atoms with van der Waals surface area (Å²) in [5, 5.41) is 9.32. The smallest absolute Gasteiger partial charge is 0.255 e. The second-order valence-electron chi connectivity index (χ2n) is 8.03. The van der Waals surface area contributed by atoms with Gasteiger partial charge in [-0.3, -0.25) is 4.79 Å². The van der Waals surface area contributed by atoms with E-state index >= 15 is 0 Å². The van der Waals surface area contributed by atoms with Gasteiger partial charge in [0.2, 0.25) is 0 Å². The van der Waals surface area contributed by atoms with Crippen molar-refractivity contribution in [2.45, 2.75) is 13.0 Å². The maximum absolute atomic E-state index is 13.6. The minimum absolute atomic E-state index is 0.136. The van der Waals surface area contributed by atoms with Crippen LogP contribution >= 0.6 is 0 Å². The SMILES string of the molecule is C=C/C=C(F)\C(F)=C/CCNC(=O)c1cccnc1NCc1ccccc1-c1c[nH]c2c1C=CCN2. The number of carbonyl (C=O) groups is 1. The van der Waals surface area contributed by atoms with E-state index in [0.717, 1.165) is 46.8 Å². The quantitative estimate of drug-likeness (QED) is 0.205. The zero-order valence-corrected chi connectivity index (χ0v) is 19.7. The number of nitrogens with zero attached hydrogens (tertiary/aromatic N) is 1. The van der Waals surface area contributed by atoms with E-state index in [0.29, 0.717) is 17.9 Å². The number of anilines is 2. The van der Waals surface area contributed by atoms with Crippen LogP contribution in [0.5, 0.6) is 0 Å². The topological polar surface area (TPSA) is 81.8 Å². The van der Waals surface area contributed by atoms with E-state index in [1.807, 2.05) is 24.4 Å². The van der Waals surface area contributed by atoms with Gasteiger partial charge in [0, 0.05) is 43.2 Å². The number of amides is 1. The Morgan fingerprint density at radius 1 is 1.14 bits per heavy atom. The predicted molar refractivity (Wildman–Crippen MR) is 141 cm³/mol. The number of aromatic nitrogens is 2. The number of rotatable bonds is 10. The summed E-state index contributed by atoms with van der Waals surface area (Å²) in [7, 11) is 0. The van der Waals surface area contributed by atoms with E-state index < -0.39 is 11.7 Å². The molecule has 2 aromatic heterocycles. The largest absolute Gasteiger partial charge is 0.368 e. The summed E-state index contributed by atoms with van der Waals surface area (Å²) in [4.78, 5) is 20.4. The van der Waals surface area contributed by atoms with Crippen molar-refractivity contribution in [2.75, 3.05) is 23.7 Å². The van der Waals surface area contributed by atoms with Gasteiger partial charge >= 0.3 is 0 Å². The Bertz CT molecular complexity index is 1340. The fraction of sp³-hybridized carbons (Fsp3) is 0.143. The van der Waals surface area contributed by atoms with Crippen molar-refractivity contribution in [3.63, 3.8) is 0 Å². The maximum atomic E-state index is 13.6. The van der Waals surface area contributed by atoms with Gasteiger partial charge in [0.1, 0.15) is 11.6 Å². The highest BCUT2D eigenvalue weighted by molar-refractivity contribution is 5.98. The van der Waals surface area contributed by atoms with Crippen molar-refractivity contribution >= 4 is 23.6 Å². The van der Waals surface area contributed by atoms with Gasteiger partial charge in [-0.1, -0.05) is 49.1 Å². The standard InChI is InChI=1S/C28H27F2N5O/c1-2-8-24(29)25(30)13-7-16-33-28(36)22-12-6-15-32-27(22)34-17-19-9-3-4-10-20(19)23-18-35-26-21(23)11-5-14-31-26/h2-6,8-13,15,18,31,35H,1,7,14,16-17H2,(H,32,34)(H,33,36)/b24-8+,25-13+. The molecule has 4 rings (SSSR count). The summed E-state index contributed by atoms with van der Waals surface area (Å²) >= 11 is 0. The van der Waals surface area contributed by atoms with Crippen molar-refractivity contribution in [3.05, 3.63) is 108 Å². The van der Waals surface area contributed by atoms with Crippen LogP contribution in [0.15, 0.2) is 91.3 Å². The lowest BCUT2D eigenvalue weighted by Crippen LogP contribution is -2.25. The molecule has 1 aliphatic rings. The first-order chi connectivity index (χ1) is 17.6. The number of halogens is 2. The average molecular weight is 488 g/mol. The van der Waals surface area contributed by atoms with E-state index in [9.17, 15) is 13.6 Å². The Morgan fingerprint density at radius 2 is 2.00 bits per heavy atom. The molecule has 6 nitrogen and oxygen atoms in total. The second-order valence-corrected chi connectivity index (χ2v) is 8.03. The molecule has 36 heavy (non-hydrogen) atoms. The Morgan fingerprint density at radius 3 is 2.86 bits per heavy atom. The molecule has 0 atom stereocenters. The zero-order chi connectivity index (χ0) is 25.3. The third-order valence-corrected chi connectivity index (χ3v) is 5.65. The molecule has 1 aliphatic heterocycles. The summed E-state index contributed by atoms with van der Waals surface area (Å²) in [5.41, 5.74) is 4.68. The maximum Gasteiger partial charge on any atom is 0.255 e. The van der Waals surface area contributed by atoms with Crippen LogP contribution in [0.1, 0.15) is 27.9 Å². The summed E-state index contributed by atoms with van der Waals surface area (Å²) < 4.78 is 27.0. The van der Waals surface area contributed by atoms with Gasteiger partial charge in [-0.15, -0.1) is 0 Å². The number of pyridine rings is 1. The number of hydrogen-bond donors (Lipinski definition) is 4. The van der Waals surface area contributed by atoms with E-state index in [2.05, 4.69) is 50.7 Å². The first-order valence-corrected chi connectivity index (χ1v) is 11.6. The van der Waals surface area contributed by atoms with Gasteiger partial charge in [0.15, 0.2) is 11.7 Å². The molecular weight excluding hydrogens is 460 g/mol. The van der Waals surface area contributed by atoms with Gasteiger partial charge < -0.3 is 20.9 Å². The van der Waals surface area contributed by atoms with Gasteiger partial charge in [-0.05, 0) is 41.8 Å². The highest BCUT2D eigenvalue weighted by Crippen LogP contribution is 2.34. The van der Waals surface area contributed by atoms with Crippen LogP contribution in [-0.4, -0.2) is 29.0 Å². The normalized spacial score (nSPS) is 13.1. The number of benzene rings is 1. The van der Waals surface area contributed by atoms with Crippen LogP contribution in [0.4, 0.5) is 20.4 Å². The van der Waals surface area contributed by atoms with Crippen molar-refractivity contribution in [2.24, 2.45) is 0 Å². The fourth-order valence-electron chi connectivity index (χ4n) is 3.92. The summed E-state index contributed by atoms with van der Waals surface area (Å²) in [6.07, 6.45) is 11.1. The molecule has 184 valence electrons. The molecule has 4 N–H and O–H groups in total. The summed E-state index contributed by atoms with van der Waals surface area (Å²) in [6, 6.07) is 11.4. The lowest BCUT2D eigenvalue weighted by molar-refractivity contribution is 0.0954. The molecule has 3 heterocycles. The number of nitrogens with one attached hydrogen (secondary N) is 4. The van der Waals surface area contributed by atoms with Crippen molar-refractivity contribution in [1.82, 2.24) is 15.3 Å². The molecule has 0 aliphatic carbocycles. The van der Waals surface area contributed by atoms with Crippen LogP contribution in [0.2, 0.25) is 0 Å². The molecule has 0 bridgehead atoms. The molecule has 0 unspecified atom stereocenters. The lowest BCUT2D eigenvalue weighted by Gasteiger charge is -2.14. The Kier molecular flexibility index (Phi) is 8.08. The molecule has 8 heteroatoms. The van der Waals surface area contributed by atoms with Gasteiger partial charge in [-0.2, -0.15) is 0 Å². The Labute approximate surface area is 208 Å². The molecule has 0 spiro atoms. The third-order valence-electron chi connectivity index (χ3n) is 5.65. The van der Waals surface area contributed by atoms with Gasteiger partial charge in [0.05, 0.1) is 5.56 Å². The number of allylic oxidation sites excluding steroid dienone is 4. The van der Waals surface area contributed by atoms with E-state index in [4.69, 9.17) is 0 Å². The Hall–Kier alpha value is -4.46. The summed E-state index contributed by atoms with van der Waals surface area (Å²) in [6.45, 7) is 4.71. The van der Waals surface area contributed by atoms with E-state index in [-0.39, 0.29) is 18.9 Å². The summed E-state index contributed by atoms with van der Waals surface area (Å²) in [5.74, 6) is -0.910. The first-order valence-electron chi connectivity index (χ1n) is 11.6. The predicted octanol–water partition coefficient (Wildman–Crippen LogP) is 6.14. The highest BCUT2D eigenvalue weighted by Gasteiger charge is 2.16. The van der Waals surface area contributed by atoms with Gasteiger partial charge in [-0.25, -0.2) is 13.8 Å². The average Bonchev–Trinajstić information content (AvgIpc) is 3.34. The molecular formula is C28H27F2N5O. The van der Waals surface area contributed by atoms with Crippen LogP contribution in [0.3, 0.4) is 0 Å². The fourth-order valence-corrected chi connectivity index (χ4v) is 3.92. The van der Waals surface area contributed by atoms with Crippen LogP contribution in [-0.2, 0) is 6.54 Å². The minimum Gasteiger partial charge on any atom is -0.368 e. The van der Waals surface area contributed by atoms with Gasteiger partial charge in [0.25, 0.3) is 5.91 Å². The molecule has 1 aromatic carbocycles. The highest BCUT2D eigenvalue weighted by atomic mass is 19.2. The van der Waals surface area contributed by atoms with Crippen molar-refractivity contribution < 1.29 is 13.6 Å². The van der Waals surface area contributed by atoms with E-state index in [1.165, 1.54) is 6.08 Å². The number of H-pyrrole nitrogens is 1. The van der Waals surface area contributed by atoms with Crippen LogP contribution < -0.4 is 16.0 Å². The Balaban J connectivity index is 1.43. The van der Waals surface area contributed by atoms with Crippen LogP contribution in [0, 0.1) is 0 Å². The molecule has 1 amide bonds. The van der Waals surface area contributed by atoms with Crippen molar-refractivity contribution in [1.29, 1.82) is 0 Å². The monoisotopic (exact) mass is 487 g/mol. The molecule has 0 fully saturated rings. The molecule has 0 saturated carbocycles. The number of aromatic amines is 1. The molecule has 3 aromatic rings. The van der Waals surface area contributed by atoms with E-state index in [1.54, 1.807) is 18.3 Å².